The third kappa shape index (κ3) is 3.18. The van der Waals surface area contributed by atoms with Crippen molar-refractivity contribution >= 4 is 11.6 Å². The average Bonchev–Trinajstić information content (AvgIpc) is 2.68. The zero-order valence-corrected chi connectivity index (χ0v) is 9.19. The molecule has 1 heterocycles. The molecule has 100 valence electrons. The molecule has 0 fully saturated rings. The first-order valence-electron chi connectivity index (χ1n) is 4.75. The molecule has 0 saturated carbocycles. The zero-order valence-electron chi connectivity index (χ0n) is 9.19. The normalized spacial score (nSPS) is 11.3. The summed E-state index contributed by atoms with van der Waals surface area (Å²) < 4.78 is 36.8. The molecule has 0 aliphatic rings. The van der Waals surface area contributed by atoms with Crippen LogP contribution in [0.1, 0.15) is 16.9 Å². The lowest BCUT2D eigenvalue weighted by Crippen LogP contribution is -2.24. The number of nitro groups is 1. The number of halogens is 3. The summed E-state index contributed by atoms with van der Waals surface area (Å²) in [5.74, 6) is -0.860. The van der Waals surface area contributed by atoms with Crippen molar-refractivity contribution in [2.24, 2.45) is 0 Å². The number of hydrogen-bond acceptors (Lipinski definition) is 4. The van der Waals surface area contributed by atoms with E-state index in [4.69, 9.17) is 0 Å². The summed E-state index contributed by atoms with van der Waals surface area (Å²) in [6, 6.07) is 0. The van der Waals surface area contributed by atoms with E-state index >= 15 is 0 Å². The van der Waals surface area contributed by atoms with E-state index in [2.05, 4.69) is 10.4 Å². The van der Waals surface area contributed by atoms with Crippen LogP contribution in [0.15, 0.2) is 6.20 Å². The number of nitrogens with zero attached hydrogens (tertiary/aromatic N) is 3. The SMILES string of the molecule is CNC(=O)c1c([N+](=O)[O-])cnn1CCC(F)(F)F. The maximum absolute atomic E-state index is 12.0. The third-order valence-corrected chi connectivity index (χ3v) is 2.07. The van der Waals surface area contributed by atoms with Gasteiger partial charge in [-0.1, -0.05) is 0 Å². The molecule has 10 heteroatoms. The summed E-state index contributed by atoms with van der Waals surface area (Å²) in [5, 5.41) is 16.1. The average molecular weight is 266 g/mol. The summed E-state index contributed by atoms with van der Waals surface area (Å²) in [7, 11) is 1.22. The summed E-state index contributed by atoms with van der Waals surface area (Å²) in [6.07, 6.45) is -4.91. The van der Waals surface area contributed by atoms with E-state index in [1.165, 1.54) is 7.05 Å². The van der Waals surface area contributed by atoms with Crippen molar-refractivity contribution in [3.63, 3.8) is 0 Å². The Kier molecular flexibility index (Phi) is 3.89. The van der Waals surface area contributed by atoms with Crippen LogP contribution in [0, 0.1) is 10.1 Å². The van der Waals surface area contributed by atoms with Crippen LogP contribution in [0.4, 0.5) is 18.9 Å². The lowest BCUT2D eigenvalue weighted by Gasteiger charge is -2.08. The number of hydrogen-bond donors (Lipinski definition) is 1. The zero-order chi connectivity index (χ0) is 13.9. The standard InChI is InChI=1S/C8H9F3N4O3/c1-12-7(16)6-5(15(17)18)4-13-14(6)3-2-8(9,10)11/h4H,2-3H2,1H3,(H,12,16). The first kappa shape index (κ1) is 13.9. The molecule has 7 nitrogen and oxygen atoms in total. The molecule has 0 bridgehead atoms. The molecule has 0 spiro atoms. The number of nitrogens with one attached hydrogen (secondary N) is 1. The van der Waals surface area contributed by atoms with Gasteiger partial charge in [-0.2, -0.15) is 18.3 Å². The van der Waals surface area contributed by atoms with E-state index in [1.807, 2.05) is 0 Å². The van der Waals surface area contributed by atoms with Gasteiger partial charge in [0.05, 0.1) is 17.9 Å². The molecule has 1 N–H and O–H groups in total. The van der Waals surface area contributed by atoms with Crippen LogP contribution in [0.3, 0.4) is 0 Å². The summed E-state index contributed by atoms with van der Waals surface area (Å²) in [6.45, 7) is -0.653. The maximum Gasteiger partial charge on any atom is 0.390 e. The maximum atomic E-state index is 12.0. The Morgan fingerprint density at radius 1 is 1.61 bits per heavy atom. The minimum atomic E-state index is -4.43. The molecule has 0 radical (unpaired) electrons. The molecular weight excluding hydrogens is 257 g/mol. The van der Waals surface area contributed by atoms with E-state index in [9.17, 15) is 28.1 Å². The van der Waals surface area contributed by atoms with Gasteiger partial charge in [0, 0.05) is 7.05 Å². The van der Waals surface area contributed by atoms with Gasteiger partial charge in [-0.05, 0) is 0 Å². The fourth-order valence-electron chi connectivity index (χ4n) is 1.26. The highest BCUT2D eigenvalue weighted by atomic mass is 19.4. The quantitative estimate of drug-likeness (QED) is 0.652. The van der Waals surface area contributed by atoms with Crippen LogP contribution >= 0.6 is 0 Å². The third-order valence-electron chi connectivity index (χ3n) is 2.07. The van der Waals surface area contributed by atoms with Crippen molar-refractivity contribution in [3.05, 3.63) is 22.0 Å². The van der Waals surface area contributed by atoms with Crippen molar-refractivity contribution in [1.82, 2.24) is 15.1 Å². The molecule has 0 aliphatic heterocycles. The highest BCUT2D eigenvalue weighted by Crippen LogP contribution is 2.23. The van der Waals surface area contributed by atoms with E-state index < -0.39 is 41.4 Å². The molecule has 0 atom stereocenters. The summed E-state index contributed by atoms with van der Waals surface area (Å²) in [5.41, 5.74) is -1.12. The fourth-order valence-corrected chi connectivity index (χ4v) is 1.26. The highest BCUT2D eigenvalue weighted by molar-refractivity contribution is 5.96. The molecule has 0 unspecified atom stereocenters. The molecule has 1 amide bonds. The highest BCUT2D eigenvalue weighted by Gasteiger charge is 2.30. The minimum absolute atomic E-state index is 0.494. The van der Waals surface area contributed by atoms with Crippen LogP contribution in [0.25, 0.3) is 0 Å². The Bertz CT molecular complexity index is 469. The topological polar surface area (TPSA) is 90.1 Å². The minimum Gasteiger partial charge on any atom is -0.354 e. The number of carbonyl (C=O) groups excluding carboxylic acids is 1. The molecule has 1 rings (SSSR count). The van der Waals surface area contributed by atoms with Crippen molar-refractivity contribution in [2.75, 3.05) is 7.05 Å². The van der Waals surface area contributed by atoms with Crippen molar-refractivity contribution in [2.45, 2.75) is 19.1 Å². The number of carbonyl (C=O) groups is 1. The number of amides is 1. The van der Waals surface area contributed by atoms with Gasteiger partial charge >= 0.3 is 11.9 Å². The predicted octanol–water partition coefficient (Wildman–Crippen LogP) is 1.10. The van der Waals surface area contributed by atoms with Crippen molar-refractivity contribution in [1.29, 1.82) is 0 Å². The smallest absolute Gasteiger partial charge is 0.354 e. The number of rotatable bonds is 4. The Morgan fingerprint density at radius 3 is 2.67 bits per heavy atom. The van der Waals surface area contributed by atoms with Crippen LogP contribution in [-0.2, 0) is 6.54 Å². The number of aryl methyl sites for hydroxylation is 1. The largest absolute Gasteiger partial charge is 0.390 e. The summed E-state index contributed by atoms with van der Waals surface area (Å²) >= 11 is 0. The van der Waals surface area contributed by atoms with E-state index in [0.29, 0.717) is 4.68 Å². The molecule has 18 heavy (non-hydrogen) atoms. The van der Waals surface area contributed by atoms with Gasteiger partial charge in [-0.3, -0.25) is 19.6 Å². The van der Waals surface area contributed by atoms with Crippen LogP contribution in [0.2, 0.25) is 0 Å². The molecule has 0 aromatic carbocycles. The van der Waals surface area contributed by atoms with Gasteiger partial charge < -0.3 is 5.32 Å². The Morgan fingerprint density at radius 2 is 2.22 bits per heavy atom. The van der Waals surface area contributed by atoms with Gasteiger partial charge in [0.2, 0.25) is 5.69 Å². The second kappa shape index (κ2) is 5.02. The Hall–Kier alpha value is -2.13. The van der Waals surface area contributed by atoms with Gasteiger partial charge in [0.1, 0.15) is 6.20 Å². The van der Waals surface area contributed by atoms with Gasteiger partial charge in [-0.25, -0.2) is 0 Å². The predicted molar refractivity (Wildman–Crippen MR) is 52.9 cm³/mol. The molecule has 1 aromatic rings. The summed E-state index contributed by atoms with van der Waals surface area (Å²) in [4.78, 5) is 21.1. The Balaban J connectivity index is 3.05. The van der Waals surface area contributed by atoms with Gasteiger partial charge in [0.25, 0.3) is 5.91 Å². The van der Waals surface area contributed by atoms with Crippen LogP contribution in [0.5, 0.6) is 0 Å². The van der Waals surface area contributed by atoms with Crippen molar-refractivity contribution in [3.8, 4) is 0 Å². The second-order valence-corrected chi connectivity index (χ2v) is 3.30. The van der Waals surface area contributed by atoms with Crippen molar-refractivity contribution < 1.29 is 22.9 Å². The fraction of sp³-hybridized carbons (Fsp3) is 0.500. The molecule has 1 aromatic heterocycles. The molecular formula is C8H9F3N4O3. The molecule has 0 aliphatic carbocycles. The second-order valence-electron chi connectivity index (χ2n) is 3.30. The van der Waals surface area contributed by atoms with Gasteiger partial charge in [0.15, 0.2) is 0 Å². The van der Waals surface area contributed by atoms with E-state index in [1.54, 1.807) is 0 Å². The lowest BCUT2D eigenvalue weighted by molar-refractivity contribution is -0.385. The number of alkyl halides is 3. The van der Waals surface area contributed by atoms with Crippen LogP contribution < -0.4 is 5.32 Å². The lowest BCUT2D eigenvalue weighted by atomic mass is 10.3. The Labute approximate surface area is 98.7 Å². The number of aromatic nitrogens is 2. The first-order chi connectivity index (χ1) is 8.26. The first-order valence-corrected chi connectivity index (χ1v) is 4.75. The molecule has 0 saturated heterocycles. The van der Waals surface area contributed by atoms with E-state index in [0.717, 1.165) is 6.20 Å². The monoisotopic (exact) mass is 266 g/mol. The van der Waals surface area contributed by atoms with E-state index in [-0.39, 0.29) is 0 Å². The van der Waals surface area contributed by atoms with Gasteiger partial charge in [-0.15, -0.1) is 0 Å². The van der Waals surface area contributed by atoms with Crippen LogP contribution in [-0.4, -0.2) is 33.8 Å².